The standard InChI is InChI=1S/C17H27N3O/c1-2-18-17(19-11-10-15-8-9-15)20-12-13-21-14-16-6-4-3-5-7-16/h3-7,15H,2,8-14H2,1H3,(H2,18,19,20). The van der Waals surface area contributed by atoms with Crippen molar-refractivity contribution >= 4 is 5.96 Å². The second-order valence-corrected chi connectivity index (χ2v) is 5.46. The molecule has 0 unspecified atom stereocenters. The van der Waals surface area contributed by atoms with Crippen LogP contribution in [0.15, 0.2) is 35.3 Å². The van der Waals surface area contributed by atoms with Gasteiger partial charge in [-0.05, 0) is 24.8 Å². The molecule has 2 N–H and O–H groups in total. The van der Waals surface area contributed by atoms with Gasteiger partial charge >= 0.3 is 0 Å². The zero-order chi connectivity index (χ0) is 14.8. The van der Waals surface area contributed by atoms with Gasteiger partial charge in [0, 0.05) is 19.6 Å². The van der Waals surface area contributed by atoms with Gasteiger partial charge in [0.05, 0.1) is 13.2 Å². The number of benzene rings is 1. The molecule has 1 aliphatic rings. The molecule has 0 bridgehead atoms. The van der Waals surface area contributed by atoms with Gasteiger partial charge in [-0.3, -0.25) is 4.99 Å². The van der Waals surface area contributed by atoms with Crippen molar-refractivity contribution in [2.75, 3.05) is 26.2 Å². The monoisotopic (exact) mass is 289 g/mol. The van der Waals surface area contributed by atoms with Gasteiger partial charge in [-0.2, -0.15) is 0 Å². The molecule has 0 spiro atoms. The van der Waals surface area contributed by atoms with Gasteiger partial charge in [0.15, 0.2) is 5.96 Å². The Morgan fingerprint density at radius 1 is 1.24 bits per heavy atom. The summed E-state index contributed by atoms with van der Waals surface area (Å²) >= 11 is 0. The first-order valence-electron chi connectivity index (χ1n) is 8.02. The zero-order valence-electron chi connectivity index (χ0n) is 13.0. The third kappa shape index (κ3) is 7.14. The summed E-state index contributed by atoms with van der Waals surface area (Å²) in [5.41, 5.74) is 1.21. The Labute approximate surface area is 128 Å². The van der Waals surface area contributed by atoms with E-state index >= 15 is 0 Å². The summed E-state index contributed by atoms with van der Waals surface area (Å²) in [5.74, 6) is 1.84. The first kappa shape index (κ1) is 15.8. The van der Waals surface area contributed by atoms with Crippen molar-refractivity contribution in [1.29, 1.82) is 0 Å². The molecule has 4 heteroatoms. The third-order valence-electron chi connectivity index (χ3n) is 3.50. The molecule has 1 aliphatic carbocycles. The van der Waals surface area contributed by atoms with Crippen molar-refractivity contribution in [3.8, 4) is 0 Å². The van der Waals surface area contributed by atoms with Gasteiger partial charge in [-0.25, -0.2) is 0 Å². The Balaban J connectivity index is 1.57. The van der Waals surface area contributed by atoms with Crippen LogP contribution in [0.5, 0.6) is 0 Å². The lowest BCUT2D eigenvalue weighted by atomic mass is 10.2. The second kappa shape index (κ2) is 9.40. The summed E-state index contributed by atoms with van der Waals surface area (Å²) in [7, 11) is 0. The van der Waals surface area contributed by atoms with Crippen molar-refractivity contribution < 1.29 is 4.74 Å². The number of hydrogen-bond acceptors (Lipinski definition) is 2. The van der Waals surface area contributed by atoms with E-state index in [0.29, 0.717) is 13.2 Å². The molecular formula is C17H27N3O. The minimum atomic E-state index is 0.665. The first-order valence-corrected chi connectivity index (χ1v) is 8.02. The van der Waals surface area contributed by atoms with E-state index in [9.17, 15) is 0 Å². The molecule has 2 rings (SSSR count). The lowest BCUT2D eigenvalue weighted by Gasteiger charge is -2.11. The summed E-state index contributed by atoms with van der Waals surface area (Å²) in [4.78, 5) is 4.59. The fourth-order valence-corrected chi connectivity index (χ4v) is 2.11. The second-order valence-electron chi connectivity index (χ2n) is 5.46. The molecule has 0 aliphatic heterocycles. The van der Waals surface area contributed by atoms with Crippen LogP contribution in [-0.4, -0.2) is 32.2 Å². The molecule has 0 saturated heterocycles. The van der Waals surface area contributed by atoms with E-state index in [1.807, 2.05) is 18.2 Å². The Hall–Kier alpha value is -1.55. The lowest BCUT2D eigenvalue weighted by Crippen LogP contribution is -2.39. The summed E-state index contributed by atoms with van der Waals surface area (Å²) in [6, 6.07) is 10.2. The van der Waals surface area contributed by atoms with Crippen LogP contribution in [0, 0.1) is 5.92 Å². The highest BCUT2D eigenvalue weighted by molar-refractivity contribution is 5.79. The lowest BCUT2D eigenvalue weighted by molar-refractivity contribution is 0.125. The van der Waals surface area contributed by atoms with Crippen LogP contribution in [0.4, 0.5) is 0 Å². The molecule has 0 atom stereocenters. The molecule has 0 aromatic heterocycles. The number of nitrogens with one attached hydrogen (secondary N) is 2. The van der Waals surface area contributed by atoms with Gasteiger partial charge in [0.1, 0.15) is 0 Å². The third-order valence-corrected chi connectivity index (χ3v) is 3.50. The SMILES string of the molecule is CCNC(=NCCC1CC1)NCCOCc1ccccc1. The highest BCUT2D eigenvalue weighted by atomic mass is 16.5. The van der Waals surface area contributed by atoms with Crippen molar-refractivity contribution in [2.24, 2.45) is 10.9 Å². The number of aliphatic imine (C=N–C) groups is 1. The van der Waals surface area contributed by atoms with E-state index in [2.05, 4.69) is 34.7 Å². The maximum Gasteiger partial charge on any atom is 0.191 e. The van der Waals surface area contributed by atoms with E-state index in [4.69, 9.17) is 4.74 Å². The van der Waals surface area contributed by atoms with Gasteiger partial charge < -0.3 is 15.4 Å². The average Bonchev–Trinajstić information content (AvgIpc) is 3.32. The quantitative estimate of drug-likeness (QED) is 0.417. The zero-order valence-corrected chi connectivity index (χ0v) is 13.0. The topological polar surface area (TPSA) is 45.7 Å². The van der Waals surface area contributed by atoms with E-state index < -0.39 is 0 Å². The number of rotatable bonds is 9. The number of guanidine groups is 1. The van der Waals surface area contributed by atoms with Crippen molar-refractivity contribution in [3.63, 3.8) is 0 Å². The Kier molecular flexibility index (Phi) is 7.08. The van der Waals surface area contributed by atoms with Crippen LogP contribution in [0.3, 0.4) is 0 Å². The minimum Gasteiger partial charge on any atom is -0.375 e. The molecule has 116 valence electrons. The summed E-state index contributed by atoms with van der Waals surface area (Å²) in [6.45, 7) is 6.02. The van der Waals surface area contributed by atoms with E-state index in [1.54, 1.807) is 0 Å². The van der Waals surface area contributed by atoms with Crippen molar-refractivity contribution in [3.05, 3.63) is 35.9 Å². The molecule has 1 aromatic rings. The predicted molar refractivity (Wildman–Crippen MR) is 87.4 cm³/mol. The number of hydrogen-bond donors (Lipinski definition) is 2. The molecule has 0 radical (unpaired) electrons. The molecular weight excluding hydrogens is 262 g/mol. The summed E-state index contributed by atoms with van der Waals surface area (Å²) in [5, 5.41) is 6.58. The number of ether oxygens (including phenoxy) is 1. The average molecular weight is 289 g/mol. The van der Waals surface area contributed by atoms with Crippen LogP contribution in [-0.2, 0) is 11.3 Å². The van der Waals surface area contributed by atoms with Gasteiger partial charge in [0.25, 0.3) is 0 Å². The number of nitrogens with zero attached hydrogens (tertiary/aromatic N) is 1. The smallest absolute Gasteiger partial charge is 0.191 e. The van der Waals surface area contributed by atoms with Crippen LogP contribution in [0.1, 0.15) is 31.7 Å². The van der Waals surface area contributed by atoms with Gasteiger partial charge in [-0.1, -0.05) is 43.2 Å². The van der Waals surface area contributed by atoms with E-state index in [0.717, 1.165) is 31.5 Å². The highest BCUT2D eigenvalue weighted by Gasteiger charge is 2.20. The van der Waals surface area contributed by atoms with Crippen LogP contribution < -0.4 is 10.6 Å². The molecule has 1 aromatic carbocycles. The van der Waals surface area contributed by atoms with Gasteiger partial charge in [-0.15, -0.1) is 0 Å². The van der Waals surface area contributed by atoms with Crippen LogP contribution in [0.2, 0.25) is 0 Å². The molecule has 0 heterocycles. The Morgan fingerprint density at radius 3 is 2.76 bits per heavy atom. The minimum absolute atomic E-state index is 0.665. The van der Waals surface area contributed by atoms with Crippen molar-refractivity contribution in [2.45, 2.75) is 32.8 Å². The molecule has 1 saturated carbocycles. The maximum atomic E-state index is 5.66. The maximum absolute atomic E-state index is 5.66. The summed E-state index contributed by atoms with van der Waals surface area (Å²) in [6.07, 6.45) is 4.01. The van der Waals surface area contributed by atoms with Crippen LogP contribution in [0.25, 0.3) is 0 Å². The fraction of sp³-hybridized carbons (Fsp3) is 0.588. The Morgan fingerprint density at radius 2 is 2.05 bits per heavy atom. The van der Waals surface area contributed by atoms with E-state index in [1.165, 1.54) is 24.8 Å². The van der Waals surface area contributed by atoms with Crippen LogP contribution >= 0.6 is 0 Å². The molecule has 0 amide bonds. The predicted octanol–water partition coefficient (Wildman–Crippen LogP) is 2.56. The Bertz CT molecular complexity index is 415. The fourth-order valence-electron chi connectivity index (χ4n) is 2.11. The molecule has 4 nitrogen and oxygen atoms in total. The first-order chi connectivity index (χ1) is 10.4. The largest absolute Gasteiger partial charge is 0.375 e. The highest BCUT2D eigenvalue weighted by Crippen LogP contribution is 2.32. The molecule has 21 heavy (non-hydrogen) atoms. The molecule has 1 fully saturated rings. The van der Waals surface area contributed by atoms with E-state index in [-0.39, 0.29) is 0 Å². The van der Waals surface area contributed by atoms with Gasteiger partial charge in [0.2, 0.25) is 0 Å². The summed E-state index contributed by atoms with van der Waals surface area (Å²) < 4.78 is 5.66. The van der Waals surface area contributed by atoms with Crippen molar-refractivity contribution in [1.82, 2.24) is 10.6 Å². The normalized spacial score (nSPS) is 15.0.